The minimum atomic E-state index is -4.15. The maximum atomic E-state index is 10.3. The molecule has 6 heteroatoms. The number of aromatic hydroxyl groups is 1. The quantitative estimate of drug-likeness (QED) is 0.550. The fraction of sp³-hybridized carbons (Fsp3) is 0.375. The van der Waals surface area contributed by atoms with Gasteiger partial charge < -0.3 is 9.66 Å². The van der Waals surface area contributed by atoms with Crippen LogP contribution < -0.4 is 4.57 Å². The Morgan fingerprint density at radius 1 is 1.43 bits per heavy atom. The van der Waals surface area contributed by atoms with Crippen LogP contribution in [-0.2, 0) is 16.7 Å². The molecule has 0 atom stereocenters. The number of pyridine rings is 1. The van der Waals surface area contributed by atoms with E-state index in [1.807, 2.05) is 0 Å². The van der Waals surface area contributed by atoms with E-state index in [1.165, 1.54) is 10.6 Å². The molecule has 0 aliphatic carbocycles. The summed E-state index contributed by atoms with van der Waals surface area (Å²) in [5.41, 5.74) is 0. The van der Waals surface area contributed by atoms with E-state index in [4.69, 9.17) is 0 Å². The third-order valence-electron chi connectivity index (χ3n) is 1.71. The molecule has 0 fully saturated rings. The molecule has 1 aromatic rings. The van der Waals surface area contributed by atoms with Crippen LogP contribution >= 0.6 is 0 Å². The predicted molar refractivity (Wildman–Crippen MR) is 47.5 cm³/mol. The Morgan fingerprint density at radius 3 is 2.71 bits per heavy atom. The Labute approximate surface area is 82.4 Å². The molecule has 1 heterocycles. The molecule has 0 aromatic carbocycles. The minimum Gasteiger partial charge on any atom is -0.748 e. The molecule has 0 aliphatic rings. The van der Waals surface area contributed by atoms with Crippen LogP contribution in [0.15, 0.2) is 24.4 Å². The standard InChI is InChI=1S/C8H11NO4S/c10-8-4-1-2-5-9(8)6-3-7-14(11,12)13/h1-2,4-5H,3,6-7H2,(H,11,12,13). The van der Waals surface area contributed by atoms with Crippen molar-refractivity contribution in [3.05, 3.63) is 24.4 Å². The smallest absolute Gasteiger partial charge is 0.365 e. The maximum absolute atomic E-state index is 10.3. The third-order valence-corrected chi connectivity index (χ3v) is 2.50. The molecule has 1 N–H and O–H groups in total. The molecule has 0 aliphatic heterocycles. The average Bonchev–Trinajstić information content (AvgIpc) is 2.06. The van der Waals surface area contributed by atoms with Gasteiger partial charge in [-0.2, -0.15) is 4.57 Å². The molecular formula is C8H11NO4S. The van der Waals surface area contributed by atoms with Crippen molar-refractivity contribution < 1.29 is 22.6 Å². The van der Waals surface area contributed by atoms with E-state index in [9.17, 15) is 18.1 Å². The van der Waals surface area contributed by atoms with Crippen molar-refractivity contribution in [1.29, 1.82) is 0 Å². The summed E-state index contributed by atoms with van der Waals surface area (Å²) >= 11 is 0. The number of hydrogen-bond acceptors (Lipinski definition) is 4. The first-order valence-electron chi connectivity index (χ1n) is 4.10. The van der Waals surface area contributed by atoms with Crippen molar-refractivity contribution in [3.8, 4) is 5.88 Å². The molecule has 0 bridgehead atoms. The van der Waals surface area contributed by atoms with Gasteiger partial charge in [-0.3, -0.25) is 0 Å². The second-order valence-corrected chi connectivity index (χ2v) is 4.39. The van der Waals surface area contributed by atoms with Crippen LogP contribution in [0, 0.1) is 0 Å². The van der Waals surface area contributed by atoms with E-state index >= 15 is 0 Å². The molecule has 14 heavy (non-hydrogen) atoms. The third kappa shape index (κ3) is 3.71. The van der Waals surface area contributed by atoms with Crippen LogP contribution in [0.5, 0.6) is 5.88 Å². The van der Waals surface area contributed by atoms with E-state index in [0.717, 1.165) is 0 Å². The Hall–Kier alpha value is -1.14. The van der Waals surface area contributed by atoms with Gasteiger partial charge in [0.25, 0.3) is 0 Å². The molecule has 1 rings (SSSR count). The first-order valence-corrected chi connectivity index (χ1v) is 5.68. The van der Waals surface area contributed by atoms with Gasteiger partial charge in [0, 0.05) is 18.2 Å². The molecule has 0 radical (unpaired) electrons. The van der Waals surface area contributed by atoms with Gasteiger partial charge >= 0.3 is 5.88 Å². The zero-order valence-corrected chi connectivity index (χ0v) is 8.27. The van der Waals surface area contributed by atoms with Gasteiger partial charge in [-0.15, -0.1) is 0 Å². The van der Waals surface area contributed by atoms with Gasteiger partial charge in [0.15, 0.2) is 12.7 Å². The first kappa shape index (κ1) is 10.9. The van der Waals surface area contributed by atoms with Crippen molar-refractivity contribution in [2.45, 2.75) is 13.0 Å². The van der Waals surface area contributed by atoms with E-state index in [2.05, 4.69) is 0 Å². The lowest BCUT2D eigenvalue weighted by molar-refractivity contribution is -0.702. The van der Waals surface area contributed by atoms with Crippen LogP contribution in [0.25, 0.3) is 0 Å². The van der Waals surface area contributed by atoms with Crippen LogP contribution in [0.4, 0.5) is 0 Å². The molecule has 0 saturated heterocycles. The Morgan fingerprint density at radius 2 is 2.14 bits per heavy atom. The summed E-state index contributed by atoms with van der Waals surface area (Å²) in [4.78, 5) is 0. The van der Waals surface area contributed by atoms with Gasteiger partial charge in [0.05, 0.1) is 16.2 Å². The number of nitrogens with zero attached hydrogens (tertiary/aromatic N) is 1. The molecule has 1 aromatic heterocycles. The van der Waals surface area contributed by atoms with E-state index in [0.29, 0.717) is 6.54 Å². The topological polar surface area (TPSA) is 81.3 Å². The lowest BCUT2D eigenvalue weighted by Gasteiger charge is -2.04. The zero-order chi connectivity index (χ0) is 10.6. The van der Waals surface area contributed by atoms with Crippen molar-refractivity contribution in [3.63, 3.8) is 0 Å². The SMILES string of the molecule is O=S(=O)([O-])CCC[n+]1ccccc1O. The summed E-state index contributed by atoms with van der Waals surface area (Å²) in [6.07, 6.45) is 1.82. The zero-order valence-electron chi connectivity index (χ0n) is 7.46. The number of aromatic nitrogens is 1. The molecule has 0 spiro atoms. The maximum Gasteiger partial charge on any atom is 0.365 e. The number of aryl methyl sites for hydroxylation is 1. The highest BCUT2D eigenvalue weighted by Gasteiger charge is 2.07. The number of rotatable bonds is 4. The molecule has 0 unspecified atom stereocenters. The van der Waals surface area contributed by atoms with Gasteiger partial charge in [0.2, 0.25) is 0 Å². The summed E-state index contributed by atoms with van der Waals surface area (Å²) in [6, 6.07) is 4.87. The van der Waals surface area contributed by atoms with Crippen molar-refractivity contribution >= 4 is 10.1 Å². The van der Waals surface area contributed by atoms with E-state index < -0.39 is 15.9 Å². The van der Waals surface area contributed by atoms with Gasteiger partial charge in [-0.25, -0.2) is 8.42 Å². The van der Waals surface area contributed by atoms with E-state index in [-0.39, 0.29) is 12.3 Å². The Balaban J connectivity index is 2.51. The molecule has 78 valence electrons. The highest BCUT2D eigenvalue weighted by Crippen LogP contribution is 1.98. The van der Waals surface area contributed by atoms with Gasteiger partial charge in [0.1, 0.15) is 0 Å². The summed E-state index contributed by atoms with van der Waals surface area (Å²) in [5.74, 6) is -0.357. The van der Waals surface area contributed by atoms with Crippen LogP contribution in [0.2, 0.25) is 0 Å². The summed E-state index contributed by atoms with van der Waals surface area (Å²) in [7, 11) is -4.15. The predicted octanol–water partition coefficient (Wildman–Crippen LogP) is -0.385. The normalized spacial score (nSPS) is 11.5. The molecule has 0 saturated carbocycles. The minimum absolute atomic E-state index is 0.0517. The fourth-order valence-electron chi connectivity index (χ4n) is 1.07. The largest absolute Gasteiger partial charge is 0.748 e. The van der Waals surface area contributed by atoms with Crippen molar-refractivity contribution in [2.75, 3.05) is 5.75 Å². The van der Waals surface area contributed by atoms with Gasteiger partial charge in [-0.1, -0.05) is 0 Å². The number of hydrogen-bond donors (Lipinski definition) is 1. The summed E-state index contributed by atoms with van der Waals surface area (Å²) in [6.45, 7) is 0.314. The van der Waals surface area contributed by atoms with E-state index in [1.54, 1.807) is 18.3 Å². The highest BCUT2D eigenvalue weighted by molar-refractivity contribution is 7.85. The molecule has 0 amide bonds. The van der Waals surface area contributed by atoms with Crippen LogP contribution in [0.1, 0.15) is 6.42 Å². The molecular weight excluding hydrogens is 206 g/mol. The monoisotopic (exact) mass is 217 g/mol. The molecule has 5 nitrogen and oxygen atoms in total. The summed E-state index contributed by atoms with van der Waals surface area (Å²) in [5, 5.41) is 9.28. The Bertz CT molecular complexity index is 402. The van der Waals surface area contributed by atoms with Crippen LogP contribution in [0.3, 0.4) is 0 Å². The average molecular weight is 217 g/mol. The second kappa shape index (κ2) is 4.39. The first-order chi connectivity index (χ1) is 6.49. The lowest BCUT2D eigenvalue weighted by Crippen LogP contribution is -2.34. The second-order valence-electron chi connectivity index (χ2n) is 2.87. The van der Waals surface area contributed by atoms with Gasteiger partial charge in [-0.05, 0) is 6.07 Å². The fourth-order valence-corrected chi connectivity index (χ4v) is 1.55. The highest BCUT2D eigenvalue weighted by atomic mass is 32.2. The summed E-state index contributed by atoms with van der Waals surface area (Å²) < 4.78 is 32.3. The Kier molecular flexibility index (Phi) is 3.43. The van der Waals surface area contributed by atoms with Crippen LogP contribution in [-0.4, -0.2) is 23.8 Å². The lowest BCUT2D eigenvalue weighted by atomic mass is 10.4. The van der Waals surface area contributed by atoms with Crippen molar-refractivity contribution in [2.24, 2.45) is 0 Å². The van der Waals surface area contributed by atoms with Crippen molar-refractivity contribution in [1.82, 2.24) is 0 Å².